The third-order valence-corrected chi connectivity index (χ3v) is 4.14. The molecule has 0 saturated heterocycles. The summed E-state index contributed by atoms with van der Waals surface area (Å²) in [6, 6.07) is 16.9. The van der Waals surface area contributed by atoms with Gasteiger partial charge in [-0.1, -0.05) is 60.2 Å². The van der Waals surface area contributed by atoms with E-state index in [0.717, 1.165) is 16.7 Å². The minimum Gasteiger partial charge on any atom is -0.433 e. The van der Waals surface area contributed by atoms with Crippen LogP contribution < -0.4 is 5.32 Å². The lowest BCUT2D eigenvalue weighted by molar-refractivity contribution is -0.135. The Bertz CT molecular complexity index is 762. The first-order chi connectivity index (χ1) is 12.9. The number of aliphatic hydroxyl groups is 1. The standard InChI is InChI=1S/C21H25NO5/c1-16-7-6-10-18(11-16)12-22-19(24)21(2,14-23)15-27-20(25)26-13-17-8-4-3-5-9-17/h3-11,23H,12-15H2,1-2H3,(H,22,24). The Labute approximate surface area is 159 Å². The molecule has 0 aliphatic rings. The summed E-state index contributed by atoms with van der Waals surface area (Å²) in [4.78, 5) is 24.2. The topological polar surface area (TPSA) is 84.9 Å². The minimum absolute atomic E-state index is 0.0784. The van der Waals surface area contributed by atoms with Gasteiger partial charge in [-0.15, -0.1) is 0 Å². The predicted molar refractivity (Wildman–Crippen MR) is 101 cm³/mol. The normalized spacial score (nSPS) is 12.7. The maximum Gasteiger partial charge on any atom is 0.508 e. The SMILES string of the molecule is Cc1cccc(CNC(=O)C(C)(CO)COC(=O)OCc2ccccc2)c1. The molecule has 27 heavy (non-hydrogen) atoms. The van der Waals surface area contributed by atoms with Crippen molar-refractivity contribution in [3.8, 4) is 0 Å². The van der Waals surface area contributed by atoms with Crippen LogP contribution in [0.1, 0.15) is 23.6 Å². The lowest BCUT2D eigenvalue weighted by Crippen LogP contribution is -2.44. The zero-order valence-electron chi connectivity index (χ0n) is 15.6. The molecule has 0 radical (unpaired) electrons. The van der Waals surface area contributed by atoms with E-state index in [-0.39, 0.29) is 13.2 Å². The Hall–Kier alpha value is -2.86. The summed E-state index contributed by atoms with van der Waals surface area (Å²) in [6.45, 7) is 3.17. The van der Waals surface area contributed by atoms with E-state index in [1.54, 1.807) is 0 Å². The van der Waals surface area contributed by atoms with Gasteiger partial charge in [-0.3, -0.25) is 4.79 Å². The Kier molecular flexibility index (Phi) is 7.37. The third kappa shape index (κ3) is 6.42. The van der Waals surface area contributed by atoms with Gasteiger partial charge in [0.1, 0.15) is 18.6 Å². The van der Waals surface area contributed by atoms with Crippen LogP contribution in [0, 0.1) is 12.3 Å². The zero-order chi connectivity index (χ0) is 19.7. The maximum atomic E-state index is 12.4. The average molecular weight is 371 g/mol. The summed E-state index contributed by atoms with van der Waals surface area (Å²) in [5.41, 5.74) is 1.62. The van der Waals surface area contributed by atoms with Crippen molar-refractivity contribution >= 4 is 12.1 Å². The Morgan fingerprint density at radius 2 is 1.74 bits per heavy atom. The molecule has 0 aliphatic carbocycles. The maximum absolute atomic E-state index is 12.4. The molecule has 6 heteroatoms. The molecule has 2 N–H and O–H groups in total. The average Bonchev–Trinajstić information content (AvgIpc) is 2.69. The fourth-order valence-electron chi connectivity index (χ4n) is 2.38. The Morgan fingerprint density at radius 3 is 2.41 bits per heavy atom. The quantitative estimate of drug-likeness (QED) is 0.697. The van der Waals surface area contributed by atoms with Crippen molar-refractivity contribution < 1.29 is 24.2 Å². The van der Waals surface area contributed by atoms with Gasteiger partial charge in [0.25, 0.3) is 0 Å². The summed E-state index contributed by atoms with van der Waals surface area (Å²) in [5, 5.41) is 12.4. The number of carbonyl (C=O) groups excluding carboxylic acids is 2. The molecule has 0 aliphatic heterocycles. The van der Waals surface area contributed by atoms with E-state index in [2.05, 4.69) is 5.32 Å². The van der Waals surface area contributed by atoms with E-state index in [9.17, 15) is 14.7 Å². The molecule has 1 atom stereocenters. The fourth-order valence-corrected chi connectivity index (χ4v) is 2.38. The van der Waals surface area contributed by atoms with Gasteiger partial charge in [0, 0.05) is 6.54 Å². The van der Waals surface area contributed by atoms with E-state index in [1.165, 1.54) is 6.92 Å². The van der Waals surface area contributed by atoms with Crippen molar-refractivity contribution in [2.24, 2.45) is 5.41 Å². The van der Waals surface area contributed by atoms with Crippen LogP contribution in [0.3, 0.4) is 0 Å². The van der Waals surface area contributed by atoms with Crippen LogP contribution >= 0.6 is 0 Å². The molecule has 0 heterocycles. The largest absolute Gasteiger partial charge is 0.508 e. The van der Waals surface area contributed by atoms with Gasteiger partial charge in [-0.05, 0) is 25.0 Å². The second-order valence-electron chi connectivity index (χ2n) is 6.70. The molecule has 0 spiro atoms. The number of hydrogen-bond donors (Lipinski definition) is 2. The molecule has 2 aromatic rings. The second-order valence-corrected chi connectivity index (χ2v) is 6.70. The van der Waals surface area contributed by atoms with Gasteiger partial charge < -0.3 is 19.9 Å². The molecule has 1 amide bonds. The van der Waals surface area contributed by atoms with Crippen LogP contribution in [0.4, 0.5) is 4.79 Å². The van der Waals surface area contributed by atoms with Gasteiger partial charge in [0.05, 0.1) is 6.61 Å². The molecule has 2 aromatic carbocycles. The number of carbonyl (C=O) groups is 2. The number of benzene rings is 2. The zero-order valence-corrected chi connectivity index (χ0v) is 15.6. The van der Waals surface area contributed by atoms with E-state index >= 15 is 0 Å². The summed E-state index contributed by atoms with van der Waals surface area (Å²) in [5.74, 6) is -0.401. The minimum atomic E-state index is -1.25. The lowest BCUT2D eigenvalue weighted by atomic mass is 9.91. The molecule has 6 nitrogen and oxygen atoms in total. The van der Waals surface area contributed by atoms with Crippen LogP contribution in [0.15, 0.2) is 54.6 Å². The van der Waals surface area contributed by atoms with Crippen LogP contribution in [0.2, 0.25) is 0 Å². The van der Waals surface area contributed by atoms with Gasteiger partial charge in [0.2, 0.25) is 5.91 Å². The van der Waals surface area contributed by atoms with E-state index in [4.69, 9.17) is 9.47 Å². The van der Waals surface area contributed by atoms with Crippen molar-refractivity contribution in [2.45, 2.75) is 27.0 Å². The molecule has 0 fully saturated rings. The lowest BCUT2D eigenvalue weighted by Gasteiger charge is -2.25. The van der Waals surface area contributed by atoms with Crippen molar-refractivity contribution in [3.63, 3.8) is 0 Å². The number of nitrogens with one attached hydrogen (secondary N) is 1. The van der Waals surface area contributed by atoms with Crippen molar-refractivity contribution in [1.29, 1.82) is 0 Å². The number of ether oxygens (including phenoxy) is 2. The molecular weight excluding hydrogens is 346 g/mol. The van der Waals surface area contributed by atoms with Crippen molar-refractivity contribution in [3.05, 3.63) is 71.3 Å². The number of hydrogen-bond acceptors (Lipinski definition) is 5. The van der Waals surface area contributed by atoms with Crippen LogP contribution in [-0.4, -0.2) is 30.4 Å². The molecular formula is C21H25NO5. The summed E-state index contributed by atoms with van der Waals surface area (Å²) in [7, 11) is 0. The van der Waals surface area contributed by atoms with Crippen molar-refractivity contribution in [2.75, 3.05) is 13.2 Å². The molecule has 0 saturated carbocycles. The molecule has 1 unspecified atom stereocenters. The van der Waals surface area contributed by atoms with Crippen LogP contribution in [0.25, 0.3) is 0 Å². The first-order valence-corrected chi connectivity index (χ1v) is 8.71. The first-order valence-electron chi connectivity index (χ1n) is 8.71. The number of amides is 1. The summed E-state index contributed by atoms with van der Waals surface area (Å²) >= 11 is 0. The monoisotopic (exact) mass is 371 g/mol. The number of rotatable bonds is 8. The highest BCUT2D eigenvalue weighted by molar-refractivity contribution is 5.82. The number of aryl methyl sites for hydroxylation is 1. The van der Waals surface area contributed by atoms with E-state index < -0.39 is 24.1 Å². The van der Waals surface area contributed by atoms with Crippen LogP contribution in [0.5, 0.6) is 0 Å². The van der Waals surface area contributed by atoms with Gasteiger partial charge in [-0.25, -0.2) is 4.79 Å². The van der Waals surface area contributed by atoms with E-state index in [1.807, 2.05) is 61.5 Å². The molecule has 144 valence electrons. The van der Waals surface area contributed by atoms with Crippen molar-refractivity contribution in [1.82, 2.24) is 5.32 Å². The highest BCUT2D eigenvalue weighted by Crippen LogP contribution is 2.17. The second kappa shape index (κ2) is 9.73. The predicted octanol–water partition coefficient (Wildman–Crippen LogP) is 2.96. The third-order valence-electron chi connectivity index (χ3n) is 4.14. The van der Waals surface area contributed by atoms with Gasteiger partial charge in [0.15, 0.2) is 0 Å². The first kappa shape index (κ1) is 20.5. The highest BCUT2D eigenvalue weighted by Gasteiger charge is 2.34. The molecule has 0 bridgehead atoms. The molecule has 0 aromatic heterocycles. The summed E-state index contributed by atoms with van der Waals surface area (Å²) < 4.78 is 10.0. The Morgan fingerprint density at radius 1 is 1.04 bits per heavy atom. The number of aliphatic hydroxyl groups excluding tert-OH is 1. The smallest absolute Gasteiger partial charge is 0.433 e. The summed E-state index contributed by atoms with van der Waals surface area (Å²) in [6.07, 6.45) is -0.884. The molecule has 2 rings (SSSR count). The Balaban J connectivity index is 1.82. The fraction of sp³-hybridized carbons (Fsp3) is 0.333. The van der Waals surface area contributed by atoms with E-state index in [0.29, 0.717) is 6.54 Å². The van der Waals surface area contributed by atoms with Gasteiger partial charge >= 0.3 is 6.16 Å². The van der Waals surface area contributed by atoms with Gasteiger partial charge in [-0.2, -0.15) is 0 Å². The highest BCUT2D eigenvalue weighted by atomic mass is 16.7. The van der Waals surface area contributed by atoms with Crippen LogP contribution in [-0.2, 0) is 27.4 Å².